The second-order valence-corrected chi connectivity index (χ2v) is 2.82. The van der Waals surface area contributed by atoms with E-state index in [4.69, 9.17) is 0 Å². The average Bonchev–Trinajstić information content (AvgIpc) is 2.03. The summed E-state index contributed by atoms with van der Waals surface area (Å²) in [4.78, 5) is 0. The van der Waals surface area contributed by atoms with Gasteiger partial charge in [0.25, 0.3) is 6.43 Å². The summed E-state index contributed by atoms with van der Waals surface area (Å²) in [5.74, 6) is 0. The minimum Gasteiger partial charge on any atom is -0.317 e. The Morgan fingerprint density at radius 3 is 2.55 bits per heavy atom. The van der Waals surface area contributed by atoms with Gasteiger partial charge in [-0.3, -0.25) is 0 Å². The largest absolute Gasteiger partial charge is 0.317 e. The first-order valence-corrected chi connectivity index (χ1v) is 4.01. The monoisotopic (exact) mass is 164 g/mol. The summed E-state index contributed by atoms with van der Waals surface area (Å²) in [7, 11) is 0. The molecule has 1 aliphatic heterocycles. The van der Waals surface area contributed by atoms with Crippen molar-refractivity contribution >= 4 is 0 Å². The molecule has 1 heterocycles. The van der Waals surface area contributed by atoms with Gasteiger partial charge < -0.3 is 10.6 Å². The zero-order valence-corrected chi connectivity index (χ0v) is 6.45. The van der Waals surface area contributed by atoms with E-state index in [0.29, 0.717) is 6.04 Å². The normalized spacial score (nSPS) is 21.0. The molecule has 1 rings (SSSR count). The van der Waals surface area contributed by atoms with E-state index in [-0.39, 0.29) is 6.54 Å². The fourth-order valence-corrected chi connectivity index (χ4v) is 1.28. The Morgan fingerprint density at radius 2 is 2.00 bits per heavy atom. The van der Waals surface area contributed by atoms with Crippen molar-refractivity contribution in [1.29, 1.82) is 0 Å². The molecule has 0 saturated carbocycles. The van der Waals surface area contributed by atoms with Gasteiger partial charge in [0.05, 0.1) is 6.54 Å². The second-order valence-electron chi connectivity index (χ2n) is 2.82. The molecule has 0 atom stereocenters. The van der Waals surface area contributed by atoms with Gasteiger partial charge in [0.1, 0.15) is 0 Å². The number of hydrogen-bond acceptors (Lipinski definition) is 2. The average molecular weight is 164 g/mol. The number of alkyl halides is 2. The van der Waals surface area contributed by atoms with E-state index in [1.165, 1.54) is 0 Å². The number of nitrogens with one attached hydrogen (secondary N) is 2. The molecule has 0 radical (unpaired) electrons. The maximum absolute atomic E-state index is 11.7. The van der Waals surface area contributed by atoms with Gasteiger partial charge in [-0.25, -0.2) is 8.78 Å². The third kappa shape index (κ3) is 3.62. The number of rotatable bonds is 3. The van der Waals surface area contributed by atoms with Crippen LogP contribution in [0.1, 0.15) is 12.8 Å². The van der Waals surface area contributed by atoms with Crippen molar-refractivity contribution in [3.05, 3.63) is 0 Å². The van der Waals surface area contributed by atoms with Gasteiger partial charge >= 0.3 is 0 Å². The quantitative estimate of drug-likeness (QED) is 0.638. The smallest absolute Gasteiger partial charge is 0.250 e. The molecule has 2 nitrogen and oxygen atoms in total. The summed E-state index contributed by atoms with van der Waals surface area (Å²) in [6.45, 7) is 1.73. The minimum atomic E-state index is -2.22. The summed E-state index contributed by atoms with van der Waals surface area (Å²) in [5, 5.41) is 6.01. The molecule has 2 N–H and O–H groups in total. The van der Waals surface area contributed by atoms with Gasteiger partial charge in [-0.15, -0.1) is 0 Å². The third-order valence-electron chi connectivity index (χ3n) is 1.90. The van der Waals surface area contributed by atoms with Crippen molar-refractivity contribution in [1.82, 2.24) is 10.6 Å². The molecule has 0 bridgehead atoms. The van der Waals surface area contributed by atoms with Crippen molar-refractivity contribution < 1.29 is 8.78 Å². The van der Waals surface area contributed by atoms with Crippen LogP contribution in [0.4, 0.5) is 8.78 Å². The van der Waals surface area contributed by atoms with Gasteiger partial charge in [-0.1, -0.05) is 0 Å². The Hall–Kier alpha value is -0.220. The molecule has 0 spiro atoms. The molecule has 0 aromatic rings. The third-order valence-corrected chi connectivity index (χ3v) is 1.90. The summed E-state index contributed by atoms with van der Waals surface area (Å²) in [6.07, 6.45) is -0.288. The summed E-state index contributed by atoms with van der Waals surface area (Å²) in [5.41, 5.74) is 0. The van der Waals surface area contributed by atoms with E-state index in [9.17, 15) is 8.78 Å². The maximum atomic E-state index is 11.7. The van der Waals surface area contributed by atoms with Gasteiger partial charge in [-0.2, -0.15) is 0 Å². The van der Waals surface area contributed by atoms with Crippen LogP contribution >= 0.6 is 0 Å². The number of hydrogen-bond donors (Lipinski definition) is 2. The Kier molecular flexibility index (Phi) is 3.72. The molecule has 1 aliphatic rings. The summed E-state index contributed by atoms with van der Waals surface area (Å²) >= 11 is 0. The van der Waals surface area contributed by atoms with Crippen LogP contribution in [0.5, 0.6) is 0 Å². The molecule has 0 unspecified atom stereocenters. The molecule has 4 heteroatoms. The molecular formula is C7H14F2N2. The molecule has 0 amide bonds. The lowest BCUT2D eigenvalue weighted by Crippen LogP contribution is -2.41. The van der Waals surface area contributed by atoms with Crippen LogP contribution in [0.3, 0.4) is 0 Å². The number of halogens is 2. The molecule has 66 valence electrons. The molecule has 11 heavy (non-hydrogen) atoms. The van der Waals surface area contributed by atoms with E-state index in [0.717, 1.165) is 25.9 Å². The molecule has 0 aliphatic carbocycles. The lowest BCUT2D eigenvalue weighted by atomic mass is 10.1. The highest BCUT2D eigenvalue weighted by Gasteiger charge is 2.13. The van der Waals surface area contributed by atoms with Crippen LogP contribution in [0.2, 0.25) is 0 Å². The SMILES string of the molecule is FC(F)CNC1CCNCC1. The van der Waals surface area contributed by atoms with E-state index >= 15 is 0 Å². The Balaban J connectivity index is 2.05. The second kappa shape index (κ2) is 4.62. The van der Waals surface area contributed by atoms with Gasteiger partial charge in [-0.05, 0) is 25.9 Å². The predicted octanol–water partition coefficient (Wildman–Crippen LogP) is 0.593. The first-order chi connectivity index (χ1) is 5.29. The standard InChI is InChI=1S/C7H14F2N2/c8-7(9)5-11-6-1-3-10-4-2-6/h6-7,10-11H,1-5H2. The Labute approximate surface area is 65.4 Å². The van der Waals surface area contributed by atoms with Crippen molar-refractivity contribution in [2.24, 2.45) is 0 Å². The highest BCUT2D eigenvalue weighted by Crippen LogP contribution is 2.02. The zero-order valence-electron chi connectivity index (χ0n) is 6.45. The van der Waals surface area contributed by atoms with Crippen LogP contribution in [-0.4, -0.2) is 32.1 Å². The number of piperidine rings is 1. The van der Waals surface area contributed by atoms with Crippen LogP contribution in [0, 0.1) is 0 Å². The zero-order chi connectivity index (χ0) is 8.10. The van der Waals surface area contributed by atoms with Crippen LogP contribution in [-0.2, 0) is 0 Å². The molecule has 1 saturated heterocycles. The lowest BCUT2D eigenvalue weighted by molar-refractivity contribution is 0.138. The van der Waals surface area contributed by atoms with Crippen LogP contribution in [0.15, 0.2) is 0 Å². The van der Waals surface area contributed by atoms with E-state index in [1.807, 2.05) is 0 Å². The van der Waals surface area contributed by atoms with Crippen LogP contribution in [0.25, 0.3) is 0 Å². The van der Waals surface area contributed by atoms with Gasteiger partial charge in [0, 0.05) is 6.04 Å². The van der Waals surface area contributed by atoms with Crippen molar-refractivity contribution in [2.45, 2.75) is 25.3 Å². The molecule has 0 aromatic heterocycles. The highest BCUT2D eigenvalue weighted by atomic mass is 19.3. The first kappa shape index (κ1) is 8.87. The van der Waals surface area contributed by atoms with E-state index in [2.05, 4.69) is 10.6 Å². The minimum absolute atomic E-state index is 0.162. The predicted molar refractivity (Wildman–Crippen MR) is 39.9 cm³/mol. The Bertz CT molecular complexity index is 103. The molecular weight excluding hydrogens is 150 g/mol. The Morgan fingerprint density at radius 1 is 1.36 bits per heavy atom. The maximum Gasteiger partial charge on any atom is 0.250 e. The van der Waals surface area contributed by atoms with Crippen molar-refractivity contribution in [3.63, 3.8) is 0 Å². The summed E-state index contributed by atoms with van der Waals surface area (Å²) < 4.78 is 23.4. The molecule has 1 fully saturated rings. The summed E-state index contributed by atoms with van der Waals surface area (Å²) in [6, 6.07) is 0.297. The van der Waals surface area contributed by atoms with Gasteiger partial charge in [0.2, 0.25) is 0 Å². The van der Waals surface area contributed by atoms with E-state index < -0.39 is 6.43 Å². The van der Waals surface area contributed by atoms with E-state index in [1.54, 1.807) is 0 Å². The molecule has 0 aromatic carbocycles. The highest BCUT2D eigenvalue weighted by molar-refractivity contribution is 4.74. The fraction of sp³-hybridized carbons (Fsp3) is 1.00. The van der Waals surface area contributed by atoms with Crippen molar-refractivity contribution in [2.75, 3.05) is 19.6 Å². The first-order valence-electron chi connectivity index (χ1n) is 4.01. The van der Waals surface area contributed by atoms with Gasteiger partial charge in [0.15, 0.2) is 0 Å². The van der Waals surface area contributed by atoms with Crippen molar-refractivity contribution in [3.8, 4) is 0 Å². The topological polar surface area (TPSA) is 24.1 Å². The van der Waals surface area contributed by atoms with Crippen LogP contribution < -0.4 is 10.6 Å². The lowest BCUT2D eigenvalue weighted by Gasteiger charge is -2.23. The fourth-order valence-electron chi connectivity index (χ4n) is 1.28.